The van der Waals surface area contributed by atoms with Gasteiger partial charge in [0.15, 0.2) is 0 Å². The number of aryl methyl sites for hydroxylation is 1. The molecule has 4 nitrogen and oxygen atoms in total. The van der Waals surface area contributed by atoms with Gasteiger partial charge in [-0.2, -0.15) is 0 Å². The van der Waals surface area contributed by atoms with Crippen LogP contribution in [-0.4, -0.2) is 15.5 Å². The van der Waals surface area contributed by atoms with Crippen molar-refractivity contribution in [3.8, 4) is 0 Å². The molecule has 0 bridgehead atoms. The largest absolute Gasteiger partial charge is 0.315 e. The van der Waals surface area contributed by atoms with E-state index < -0.39 is 10.0 Å². The van der Waals surface area contributed by atoms with Gasteiger partial charge in [-0.15, -0.1) is 22.7 Å². The predicted molar refractivity (Wildman–Crippen MR) is 92.6 cm³/mol. The SMILES string of the molecule is CNCc1cc(S(=O)(=O)NC(C)c2ccc(C)s2)c(Br)s1. The summed E-state index contributed by atoms with van der Waals surface area (Å²) in [5, 5.41) is 3.02. The summed E-state index contributed by atoms with van der Waals surface area (Å²) < 4.78 is 28.4. The molecule has 2 N–H and O–H groups in total. The number of nitrogens with one attached hydrogen (secondary N) is 2. The van der Waals surface area contributed by atoms with Gasteiger partial charge >= 0.3 is 0 Å². The first kappa shape index (κ1) is 17.1. The van der Waals surface area contributed by atoms with Crippen molar-refractivity contribution >= 4 is 48.6 Å². The molecule has 0 aliphatic heterocycles. The minimum absolute atomic E-state index is 0.242. The third kappa shape index (κ3) is 4.14. The lowest BCUT2D eigenvalue weighted by Gasteiger charge is -2.12. The normalized spacial score (nSPS) is 13.5. The van der Waals surface area contributed by atoms with Crippen LogP contribution in [0.25, 0.3) is 0 Å². The number of thiophene rings is 2. The molecule has 1 atom stereocenters. The summed E-state index contributed by atoms with van der Waals surface area (Å²) in [4.78, 5) is 3.46. The van der Waals surface area contributed by atoms with Crippen molar-refractivity contribution in [1.29, 1.82) is 0 Å². The van der Waals surface area contributed by atoms with E-state index in [0.717, 1.165) is 9.75 Å². The molecule has 2 aromatic heterocycles. The average molecular weight is 409 g/mol. The Hall–Kier alpha value is -0.250. The summed E-state index contributed by atoms with van der Waals surface area (Å²) in [5.41, 5.74) is 0. The minimum atomic E-state index is -3.53. The molecule has 116 valence electrons. The second-order valence-corrected chi connectivity index (χ2v) is 10.1. The second kappa shape index (κ2) is 6.89. The van der Waals surface area contributed by atoms with Crippen LogP contribution in [0.1, 0.15) is 27.6 Å². The highest BCUT2D eigenvalue weighted by Crippen LogP contribution is 2.33. The first-order chi connectivity index (χ1) is 9.83. The Bertz CT molecular complexity index is 722. The molecule has 0 saturated carbocycles. The van der Waals surface area contributed by atoms with Crippen LogP contribution in [0.5, 0.6) is 0 Å². The molecule has 2 heterocycles. The van der Waals surface area contributed by atoms with Gasteiger partial charge in [0.25, 0.3) is 0 Å². The summed E-state index contributed by atoms with van der Waals surface area (Å²) in [7, 11) is -1.70. The number of hydrogen-bond donors (Lipinski definition) is 2. The molecule has 0 aromatic carbocycles. The molecule has 0 saturated heterocycles. The van der Waals surface area contributed by atoms with Crippen LogP contribution in [-0.2, 0) is 16.6 Å². The Kier molecular flexibility index (Phi) is 5.61. The molecule has 0 aliphatic rings. The zero-order valence-corrected chi connectivity index (χ0v) is 16.0. The van der Waals surface area contributed by atoms with E-state index in [1.54, 1.807) is 17.4 Å². The van der Waals surface area contributed by atoms with Crippen molar-refractivity contribution in [2.75, 3.05) is 7.05 Å². The molecular weight excluding hydrogens is 392 g/mol. The van der Waals surface area contributed by atoms with E-state index in [1.165, 1.54) is 16.2 Å². The van der Waals surface area contributed by atoms with E-state index in [-0.39, 0.29) is 6.04 Å². The third-order valence-corrected chi connectivity index (χ3v) is 7.84. The van der Waals surface area contributed by atoms with Gasteiger partial charge in [-0.05, 0) is 55.0 Å². The molecule has 2 rings (SSSR count). The Morgan fingerprint density at radius 1 is 1.33 bits per heavy atom. The number of hydrogen-bond acceptors (Lipinski definition) is 5. The van der Waals surface area contributed by atoms with E-state index in [1.807, 2.05) is 33.0 Å². The van der Waals surface area contributed by atoms with Crippen LogP contribution >= 0.6 is 38.6 Å². The van der Waals surface area contributed by atoms with Crippen molar-refractivity contribution in [3.63, 3.8) is 0 Å². The van der Waals surface area contributed by atoms with Crippen LogP contribution in [0.2, 0.25) is 0 Å². The fourth-order valence-corrected chi connectivity index (χ4v) is 6.75. The van der Waals surface area contributed by atoms with Crippen LogP contribution in [0.4, 0.5) is 0 Å². The third-order valence-electron chi connectivity index (χ3n) is 2.87. The highest BCUT2D eigenvalue weighted by Gasteiger charge is 2.23. The maximum Gasteiger partial charge on any atom is 0.243 e. The van der Waals surface area contributed by atoms with E-state index >= 15 is 0 Å². The summed E-state index contributed by atoms with van der Waals surface area (Å²) in [6, 6.07) is 5.42. The molecular formula is C13H17BrN2O2S3. The fraction of sp³-hybridized carbons (Fsp3) is 0.385. The van der Waals surface area contributed by atoms with Crippen LogP contribution in [0.3, 0.4) is 0 Å². The van der Waals surface area contributed by atoms with Gasteiger partial charge in [0, 0.05) is 21.2 Å². The standard InChI is InChI=1S/C13H17BrN2O2S3/c1-8-4-5-11(19-8)9(2)16-21(17,18)12-6-10(7-15-3)20-13(12)14/h4-6,9,15-16H,7H2,1-3H3. The van der Waals surface area contributed by atoms with Crippen LogP contribution in [0.15, 0.2) is 26.9 Å². The van der Waals surface area contributed by atoms with Crippen molar-refractivity contribution in [1.82, 2.24) is 10.0 Å². The Morgan fingerprint density at radius 3 is 2.62 bits per heavy atom. The Morgan fingerprint density at radius 2 is 2.05 bits per heavy atom. The molecule has 0 aliphatic carbocycles. The first-order valence-corrected chi connectivity index (χ1v) is 10.3. The Balaban J connectivity index is 2.22. The van der Waals surface area contributed by atoms with E-state index in [9.17, 15) is 8.42 Å². The molecule has 0 fully saturated rings. The first-order valence-electron chi connectivity index (χ1n) is 6.35. The van der Waals surface area contributed by atoms with Crippen LogP contribution in [0, 0.1) is 6.92 Å². The van der Waals surface area contributed by atoms with E-state index in [4.69, 9.17) is 0 Å². The van der Waals surface area contributed by atoms with Crippen molar-refractivity contribution in [2.24, 2.45) is 0 Å². The average Bonchev–Trinajstić information content (AvgIpc) is 2.96. The summed E-state index contributed by atoms with van der Waals surface area (Å²) in [5.74, 6) is 0. The molecule has 1 unspecified atom stereocenters. The van der Waals surface area contributed by atoms with E-state index in [2.05, 4.69) is 26.0 Å². The van der Waals surface area contributed by atoms with Gasteiger partial charge in [0.2, 0.25) is 10.0 Å². The van der Waals surface area contributed by atoms with Gasteiger partial charge < -0.3 is 5.32 Å². The molecule has 0 spiro atoms. The molecule has 8 heteroatoms. The monoisotopic (exact) mass is 408 g/mol. The topological polar surface area (TPSA) is 58.2 Å². The highest BCUT2D eigenvalue weighted by molar-refractivity contribution is 9.11. The van der Waals surface area contributed by atoms with Crippen molar-refractivity contribution in [3.05, 3.63) is 36.6 Å². The van der Waals surface area contributed by atoms with Crippen LogP contribution < -0.4 is 10.0 Å². The lowest BCUT2D eigenvalue weighted by Crippen LogP contribution is -2.26. The van der Waals surface area contributed by atoms with Gasteiger partial charge in [0.05, 0.1) is 9.83 Å². The summed E-state index contributed by atoms with van der Waals surface area (Å²) in [6.07, 6.45) is 0. The lowest BCUT2D eigenvalue weighted by atomic mass is 10.3. The molecule has 0 amide bonds. The molecule has 0 radical (unpaired) electrons. The zero-order chi connectivity index (χ0) is 15.6. The van der Waals surface area contributed by atoms with Gasteiger partial charge in [-0.25, -0.2) is 13.1 Å². The quantitative estimate of drug-likeness (QED) is 0.766. The maximum absolute atomic E-state index is 12.5. The lowest BCUT2D eigenvalue weighted by molar-refractivity contribution is 0.568. The van der Waals surface area contributed by atoms with Gasteiger partial charge in [0.1, 0.15) is 4.90 Å². The summed E-state index contributed by atoms with van der Waals surface area (Å²) in [6.45, 7) is 4.52. The number of halogens is 1. The predicted octanol–water partition coefficient (Wildman–Crippen LogP) is 3.64. The smallest absolute Gasteiger partial charge is 0.243 e. The zero-order valence-electron chi connectivity index (χ0n) is 11.9. The summed E-state index contributed by atoms with van der Waals surface area (Å²) >= 11 is 6.38. The molecule has 2 aromatic rings. The minimum Gasteiger partial charge on any atom is -0.315 e. The fourth-order valence-electron chi connectivity index (χ4n) is 1.88. The van der Waals surface area contributed by atoms with Crippen molar-refractivity contribution < 1.29 is 8.42 Å². The highest BCUT2D eigenvalue weighted by atomic mass is 79.9. The Labute approximate surface area is 141 Å². The molecule has 21 heavy (non-hydrogen) atoms. The number of rotatable bonds is 6. The number of sulfonamides is 1. The van der Waals surface area contributed by atoms with E-state index in [0.29, 0.717) is 15.2 Å². The maximum atomic E-state index is 12.5. The van der Waals surface area contributed by atoms with Gasteiger partial charge in [-0.1, -0.05) is 0 Å². The van der Waals surface area contributed by atoms with Gasteiger partial charge in [-0.3, -0.25) is 0 Å². The second-order valence-electron chi connectivity index (χ2n) is 4.67. The van der Waals surface area contributed by atoms with Crippen molar-refractivity contribution in [2.45, 2.75) is 31.3 Å².